The zero-order chi connectivity index (χ0) is 13.4. The Balaban J connectivity index is 1.78. The largest absolute Gasteiger partial charge is 0.342 e. The van der Waals surface area contributed by atoms with E-state index in [1.165, 1.54) is 0 Å². The molecular weight excluding hydrogens is 254 g/mol. The summed E-state index contributed by atoms with van der Waals surface area (Å²) in [6.07, 6.45) is 7.01. The van der Waals surface area contributed by atoms with Crippen LogP contribution in [0.2, 0.25) is 0 Å². The number of nitrogens with zero attached hydrogens (tertiary/aromatic N) is 4. The summed E-state index contributed by atoms with van der Waals surface area (Å²) in [5, 5.41) is 8.59. The second-order valence-corrected chi connectivity index (χ2v) is 4.64. The maximum atomic E-state index is 5.56. The standard InChI is InChI=1S/C14H13N5O/c1-3-15-4-2-10(1)11-7-12-9-18-19(13(12)17-8-11)14-16-5-6-20-14/h1-4,7-9,14,16H,5-6H2. The molecule has 1 saturated heterocycles. The Labute approximate surface area is 115 Å². The molecule has 1 aliphatic rings. The molecule has 100 valence electrons. The van der Waals surface area contributed by atoms with Crippen LogP contribution in [0.4, 0.5) is 0 Å². The number of hydrogen-bond acceptors (Lipinski definition) is 5. The van der Waals surface area contributed by atoms with Crippen molar-refractivity contribution < 1.29 is 4.74 Å². The molecular formula is C14H13N5O. The zero-order valence-electron chi connectivity index (χ0n) is 10.7. The van der Waals surface area contributed by atoms with Gasteiger partial charge in [-0.2, -0.15) is 5.10 Å². The van der Waals surface area contributed by atoms with Gasteiger partial charge < -0.3 is 4.74 Å². The van der Waals surface area contributed by atoms with Crippen molar-refractivity contribution in [1.29, 1.82) is 0 Å². The summed E-state index contributed by atoms with van der Waals surface area (Å²) in [6, 6.07) is 6.01. The molecule has 0 spiro atoms. The molecule has 0 aromatic carbocycles. The number of rotatable bonds is 2. The van der Waals surface area contributed by atoms with E-state index in [4.69, 9.17) is 4.74 Å². The molecule has 0 amide bonds. The van der Waals surface area contributed by atoms with Crippen molar-refractivity contribution in [2.24, 2.45) is 0 Å². The minimum Gasteiger partial charge on any atom is -0.342 e. The maximum Gasteiger partial charge on any atom is 0.208 e. The van der Waals surface area contributed by atoms with E-state index in [2.05, 4.69) is 26.4 Å². The molecule has 0 saturated carbocycles. The van der Waals surface area contributed by atoms with E-state index in [0.717, 1.165) is 28.7 Å². The van der Waals surface area contributed by atoms with Gasteiger partial charge in [0.2, 0.25) is 6.35 Å². The summed E-state index contributed by atoms with van der Waals surface area (Å²) >= 11 is 0. The van der Waals surface area contributed by atoms with Crippen LogP contribution in [-0.4, -0.2) is 32.9 Å². The molecule has 20 heavy (non-hydrogen) atoms. The maximum absolute atomic E-state index is 5.56. The van der Waals surface area contributed by atoms with Crippen molar-refractivity contribution in [3.8, 4) is 11.1 Å². The van der Waals surface area contributed by atoms with Gasteiger partial charge in [0, 0.05) is 36.1 Å². The van der Waals surface area contributed by atoms with Gasteiger partial charge in [0.05, 0.1) is 12.8 Å². The third kappa shape index (κ3) is 1.86. The number of aromatic nitrogens is 4. The third-order valence-electron chi connectivity index (χ3n) is 3.37. The van der Waals surface area contributed by atoms with Gasteiger partial charge in [0.1, 0.15) is 0 Å². The third-order valence-corrected chi connectivity index (χ3v) is 3.37. The van der Waals surface area contributed by atoms with E-state index in [1.54, 1.807) is 17.1 Å². The lowest BCUT2D eigenvalue weighted by atomic mass is 10.1. The van der Waals surface area contributed by atoms with E-state index < -0.39 is 0 Å². The minimum atomic E-state index is -0.216. The fraction of sp³-hybridized carbons (Fsp3) is 0.214. The van der Waals surface area contributed by atoms with Crippen molar-refractivity contribution in [3.05, 3.63) is 43.0 Å². The van der Waals surface area contributed by atoms with E-state index in [-0.39, 0.29) is 6.35 Å². The van der Waals surface area contributed by atoms with Crippen LogP contribution in [0, 0.1) is 0 Å². The predicted octanol–water partition coefficient (Wildman–Crippen LogP) is 1.57. The van der Waals surface area contributed by atoms with Crippen LogP contribution in [0.3, 0.4) is 0 Å². The van der Waals surface area contributed by atoms with Gasteiger partial charge in [-0.25, -0.2) is 9.67 Å². The first-order valence-electron chi connectivity index (χ1n) is 6.50. The molecule has 4 heterocycles. The molecule has 0 radical (unpaired) electrons. The molecule has 0 aliphatic carbocycles. The first-order chi connectivity index (χ1) is 9.92. The quantitative estimate of drug-likeness (QED) is 0.763. The highest BCUT2D eigenvalue weighted by Gasteiger charge is 2.19. The fourth-order valence-corrected chi connectivity index (χ4v) is 2.38. The first-order valence-corrected chi connectivity index (χ1v) is 6.50. The molecule has 1 aliphatic heterocycles. The molecule has 1 unspecified atom stereocenters. The van der Waals surface area contributed by atoms with Gasteiger partial charge in [0.15, 0.2) is 5.65 Å². The normalized spacial score (nSPS) is 18.7. The van der Waals surface area contributed by atoms with Gasteiger partial charge in [-0.3, -0.25) is 10.3 Å². The van der Waals surface area contributed by atoms with Crippen molar-refractivity contribution >= 4 is 11.0 Å². The summed E-state index contributed by atoms with van der Waals surface area (Å²) in [4.78, 5) is 8.55. The Bertz CT molecular complexity index is 734. The second kappa shape index (κ2) is 4.66. The highest BCUT2D eigenvalue weighted by atomic mass is 16.5. The van der Waals surface area contributed by atoms with Crippen molar-refractivity contribution in [3.63, 3.8) is 0 Å². The van der Waals surface area contributed by atoms with Gasteiger partial charge >= 0.3 is 0 Å². The summed E-state index contributed by atoms with van der Waals surface area (Å²) < 4.78 is 7.34. The number of nitrogens with one attached hydrogen (secondary N) is 1. The summed E-state index contributed by atoms with van der Waals surface area (Å²) in [7, 11) is 0. The van der Waals surface area contributed by atoms with Gasteiger partial charge in [-0.1, -0.05) is 0 Å². The highest BCUT2D eigenvalue weighted by molar-refractivity contribution is 5.80. The van der Waals surface area contributed by atoms with Crippen LogP contribution in [0.25, 0.3) is 22.2 Å². The fourth-order valence-electron chi connectivity index (χ4n) is 2.38. The number of ether oxygens (including phenoxy) is 1. The van der Waals surface area contributed by atoms with Crippen LogP contribution in [0.5, 0.6) is 0 Å². The van der Waals surface area contributed by atoms with Crippen molar-refractivity contribution in [2.45, 2.75) is 6.35 Å². The Morgan fingerprint density at radius 2 is 2.10 bits per heavy atom. The molecule has 1 N–H and O–H groups in total. The Kier molecular flexibility index (Phi) is 2.68. The van der Waals surface area contributed by atoms with Crippen molar-refractivity contribution in [1.82, 2.24) is 25.1 Å². The van der Waals surface area contributed by atoms with E-state index >= 15 is 0 Å². The average Bonchev–Trinajstić information content (AvgIpc) is 3.16. The SMILES string of the molecule is c1cc(-c2cnc3c(cnn3C3NCCO3)c2)ccn1. The average molecular weight is 267 g/mol. The van der Waals surface area contributed by atoms with E-state index in [9.17, 15) is 0 Å². The topological polar surface area (TPSA) is 64.9 Å². The van der Waals surface area contributed by atoms with E-state index in [1.807, 2.05) is 24.5 Å². The predicted molar refractivity (Wildman–Crippen MR) is 73.8 cm³/mol. The van der Waals surface area contributed by atoms with Gasteiger partial charge in [-0.15, -0.1) is 0 Å². The molecule has 6 nitrogen and oxygen atoms in total. The molecule has 1 atom stereocenters. The summed E-state index contributed by atoms with van der Waals surface area (Å²) in [5.74, 6) is 0. The Hall–Kier alpha value is -2.31. The van der Waals surface area contributed by atoms with Crippen molar-refractivity contribution in [2.75, 3.05) is 13.2 Å². The van der Waals surface area contributed by atoms with E-state index in [0.29, 0.717) is 6.61 Å². The van der Waals surface area contributed by atoms with Gasteiger partial charge in [0.25, 0.3) is 0 Å². The zero-order valence-corrected chi connectivity index (χ0v) is 10.7. The summed E-state index contributed by atoms with van der Waals surface area (Å²) in [6.45, 7) is 1.53. The lowest BCUT2D eigenvalue weighted by Crippen LogP contribution is -2.22. The highest BCUT2D eigenvalue weighted by Crippen LogP contribution is 2.23. The number of pyridine rings is 2. The smallest absolute Gasteiger partial charge is 0.208 e. The number of fused-ring (bicyclic) bond motifs is 1. The second-order valence-electron chi connectivity index (χ2n) is 4.64. The molecule has 4 rings (SSSR count). The minimum absolute atomic E-state index is 0.216. The molecule has 3 aromatic rings. The van der Waals surface area contributed by atoms with Crippen LogP contribution in [0.1, 0.15) is 6.35 Å². The Morgan fingerprint density at radius 3 is 2.90 bits per heavy atom. The lowest BCUT2D eigenvalue weighted by molar-refractivity contribution is 0.0375. The first kappa shape index (κ1) is 11.5. The van der Waals surface area contributed by atoms with Crippen LogP contribution in [-0.2, 0) is 4.74 Å². The van der Waals surface area contributed by atoms with Crippen LogP contribution >= 0.6 is 0 Å². The summed E-state index contributed by atoms with van der Waals surface area (Å²) in [5.41, 5.74) is 2.97. The molecule has 0 bridgehead atoms. The lowest BCUT2D eigenvalue weighted by Gasteiger charge is -2.10. The molecule has 3 aromatic heterocycles. The monoisotopic (exact) mass is 267 g/mol. The van der Waals surface area contributed by atoms with Gasteiger partial charge in [-0.05, 0) is 23.8 Å². The molecule has 6 heteroatoms. The Morgan fingerprint density at radius 1 is 1.20 bits per heavy atom. The molecule has 1 fully saturated rings. The van der Waals surface area contributed by atoms with Crippen LogP contribution < -0.4 is 5.32 Å². The van der Waals surface area contributed by atoms with Crippen LogP contribution in [0.15, 0.2) is 43.0 Å². The number of hydrogen-bond donors (Lipinski definition) is 1.